The molecule has 118 valence electrons. The van der Waals surface area contributed by atoms with Crippen LogP contribution in [0.25, 0.3) is 0 Å². The Kier molecular flexibility index (Phi) is 3.56. The van der Waals surface area contributed by atoms with Crippen molar-refractivity contribution in [3.8, 4) is 5.75 Å². The van der Waals surface area contributed by atoms with Gasteiger partial charge in [0.1, 0.15) is 11.7 Å². The van der Waals surface area contributed by atoms with Gasteiger partial charge in [-0.15, -0.1) is 0 Å². The highest BCUT2D eigenvalue weighted by atomic mass is 16.5. The standard InChI is InChI=1S/C16H20N2O4/c1-16-9-11(10-5-3-4-6-12(10)22-16)13(14(17)19)15(20)18(16)7-8-21-2/h3-6,11,13H,7-9H2,1-2H3,(H2,17,19)/t11-,13+,16+/m0/s1. The summed E-state index contributed by atoms with van der Waals surface area (Å²) in [6, 6.07) is 7.52. The maximum Gasteiger partial charge on any atom is 0.238 e. The largest absolute Gasteiger partial charge is 0.468 e. The van der Waals surface area contributed by atoms with Gasteiger partial charge in [0.05, 0.1) is 6.61 Å². The van der Waals surface area contributed by atoms with Crippen LogP contribution in [0.4, 0.5) is 0 Å². The van der Waals surface area contributed by atoms with Crippen molar-refractivity contribution in [2.45, 2.75) is 25.0 Å². The van der Waals surface area contributed by atoms with Crippen LogP contribution >= 0.6 is 0 Å². The normalized spacial score (nSPS) is 29.7. The van der Waals surface area contributed by atoms with E-state index in [9.17, 15) is 9.59 Å². The number of piperidine rings is 1. The van der Waals surface area contributed by atoms with E-state index in [2.05, 4.69) is 0 Å². The smallest absolute Gasteiger partial charge is 0.238 e. The van der Waals surface area contributed by atoms with Gasteiger partial charge in [-0.2, -0.15) is 0 Å². The second kappa shape index (κ2) is 5.28. The monoisotopic (exact) mass is 304 g/mol. The highest BCUT2D eigenvalue weighted by Crippen LogP contribution is 2.49. The molecule has 0 aliphatic carbocycles. The minimum absolute atomic E-state index is 0.237. The molecular formula is C16H20N2O4. The van der Waals surface area contributed by atoms with Gasteiger partial charge >= 0.3 is 0 Å². The Morgan fingerprint density at radius 3 is 2.91 bits per heavy atom. The molecule has 2 aliphatic rings. The van der Waals surface area contributed by atoms with Crippen molar-refractivity contribution in [3.05, 3.63) is 29.8 Å². The lowest BCUT2D eigenvalue weighted by atomic mass is 9.73. The van der Waals surface area contributed by atoms with Crippen LogP contribution < -0.4 is 10.5 Å². The lowest BCUT2D eigenvalue weighted by Crippen LogP contribution is -2.65. The quantitative estimate of drug-likeness (QED) is 0.836. The zero-order valence-corrected chi connectivity index (χ0v) is 12.7. The van der Waals surface area contributed by atoms with Crippen LogP contribution in [0.5, 0.6) is 5.75 Å². The lowest BCUT2D eigenvalue weighted by Gasteiger charge is -2.52. The van der Waals surface area contributed by atoms with E-state index in [0.29, 0.717) is 25.3 Å². The van der Waals surface area contributed by atoms with Gasteiger partial charge in [0.25, 0.3) is 0 Å². The average molecular weight is 304 g/mol. The number of hydrogen-bond donors (Lipinski definition) is 1. The zero-order valence-electron chi connectivity index (χ0n) is 12.7. The number of carbonyl (C=O) groups is 2. The van der Waals surface area contributed by atoms with Crippen molar-refractivity contribution in [1.82, 2.24) is 4.90 Å². The average Bonchev–Trinajstić information content (AvgIpc) is 2.46. The van der Waals surface area contributed by atoms with Crippen LogP contribution in [0.15, 0.2) is 24.3 Å². The summed E-state index contributed by atoms with van der Waals surface area (Å²) in [5.74, 6) is -1.25. The summed E-state index contributed by atoms with van der Waals surface area (Å²) in [6.07, 6.45) is 0.549. The third-order valence-electron chi connectivity index (χ3n) is 4.58. The number of rotatable bonds is 4. The zero-order chi connectivity index (χ0) is 15.9. The van der Waals surface area contributed by atoms with Crippen molar-refractivity contribution < 1.29 is 19.1 Å². The van der Waals surface area contributed by atoms with Crippen molar-refractivity contribution in [1.29, 1.82) is 0 Å². The van der Waals surface area contributed by atoms with E-state index < -0.39 is 17.6 Å². The molecule has 22 heavy (non-hydrogen) atoms. The molecule has 0 radical (unpaired) electrons. The van der Waals surface area contributed by atoms with E-state index in [0.717, 1.165) is 5.56 Å². The van der Waals surface area contributed by atoms with Crippen molar-refractivity contribution >= 4 is 11.8 Å². The SMILES string of the molecule is COCCN1C(=O)[C@@H](C(N)=O)[C@H]2C[C@@]1(C)Oc1ccccc12. The molecule has 2 amide bonds. The number of fused-ring (bicyclic) bond motifs is 4. The maximum atomic E-state index is 12.8. The van der Waals surface area contributed by atoms with Crippen molar-refractivity contribution in [2.24, 2.45) is 11.7 Å². The maximum absolute atomic E-state index is 12.8. The third kappa shape index (κ3) is 2.14. The van der Waals surface area contributed by atoms with Gasteiger partial charge < -0.3 is 20.1 Å². The summed E-state index contributed by atoms with van der Waals surface area (Å²) < 4.78 is 11.2. The van der Waals surface area contributed by atoms with Gasteiger partial charge in [-0.3, -0.25) is 9.59 Å². The molecule has 3 rings (SSSR count). The van der Waals surface area contributed by atoms with Gasteiger partial charge in [0.2, 0.25) is 11.8 Å². The van der Waals surface area contributed by atoms with E-state index >= 15 is 0 Å². The van der Waals surface area contributed by atoms with E-state index in [-0.39, 0.29) is 11.8 Å². The van der Waals surface area contributed by atoms with Crippen molar-refractivity contribution in [2.75, 3.05) is 20.3 Å². The number of likely N-dealkylation sites (tertiary alicyclic amines) is 1. The number of amides is 2. The molecule has 0 spiro atoms. The van der Waals surface area contributed by atoms with Crippen LogP contribution in [0.2, 0.25) is 0 Å². The number of nitrogens with zero attached hydrogens (tertiary/aromatic N) is 1. The lowest BCUT2D eigenvalue weighted by molar-refractivity contribution is -0.176. The number of nitrogens with two attached hydrogens (primary N) is 1. The molecule has 1 aromatic carbocycles. The number of methoxy groups -OCH3 is 1. The van der Waals surface area contributed by atoms with Gasteiger partial charge in [-0.1, -0.05) is 18.2 Å². The summed E-state index contributed by atoms with van der Waals surface area (Å²) in [6.45, 7) is 2.62. The highest BCUT2D eigenvalue weighted by molar-refractivity contribution is 6.01. The van der Waals surface area contributed by atoms with Gasteiger partial charge in [-0.25, -0.2) is 0 Å². The van der Waals surface area contributed by atoms with E-state index in [1.165, 1.54) is 0 Å². The predicted molar refractivity (Wildman–Crippen MR) is 79.1 cm³/mol. The number of carbonyl (C=O) groups excluding carboxylic acids is 2. The fourth-order valence-electron chi connectivity index (χ4n) is 3.56. The first-order valence-electron chi connectivity index (χ1n) is 7.35. The van der Waals surface area contributed by atoms with E-state index in [1.807, 2.05) is 31.2 Å². The Morgan fingerprint density at radius 1 is 1.50 bits per heavy atom. The molecule has 3 atom stereocenters. The topological polar surface area (TPSA) is 81.9 Å². The number of hydrogen-bond acceptors (Lipinski definition) is 4. The molecule has 2 bridgehead atoms. The Balaban J connectivity index is 2.07. The summed E-state index contributed by atoms with van der Waals surface area (Å²) in [5, 5.41) is 0. The Labute approximate surface area is 129 Å². The van der Waals surface area contributed by atoms with Crippen LogP contribution in [0.3, 0.4) is 0 Å². The Hall–Kier alpha value is -2.08. The van der Waals surface area contributed by atoms with Crippen molar-refractivity contribution in [3.63, 3.8) is 0 Å². The number of para-hydroxylation sites is 1. The van der Waals surface area contributed by atoms with Crippen LogP contribution in [0.1, 0.15) is 24.8 Å². The van der Waals surface area contributed by atoms with Gasteiger partial charge in [0.15, 0.2) is 5.72 Å². The molecule has 2 aliphatic heterocycles. The molecule has 6 nitrogen and oxygen atoms in total. The molecule has 0 saturated carbocycles. The Bertz CT molecular complexity index is 618. The first kappa shape index (κ1) is 14.8. The molecule has 0 aromatic heterocycles. The highest BCUT2D eigenvalue weighted by Gasteiger charge is 2.55. The van der Waals surface area contributed by atoms with Crippen LogP contribution in [-0.2, 0) is 14.3 Å². The number of benzene rings is 1. The van der Waals surface area contributed by atoms with E-state index in [1.54, 1.807) is 12.0 Å². The minimum atomic E-state index is -0.852. The van der Waals surface area contributed by atoms with Crippen LogP contribution in [-0.4, -0.2) is 42.7 Å². The molecule has 2 N–H and O–H groups in total. The predicted octanol–water partition coefficient (Wildman–Crippen LogP) is 0.859. The second-order valence-electron chi connectivity index (χ2n) is 5.99. The summed E-state index contributed by atoms with van der Waals surface area (Å²) in [5.41, 5.74) is 5.63. The fraction of sp³-hybridized carbons (Fsp3) is 0.500. The molecule has 1 fully saturated rings. The minimum Gasteiger partial charge on any atom is -0.468 e. The second-order valence-corrected chi connectivity index (χ2v) is 5.99. The fourth-order valence-corrected chi connectivity index (χ4v) is 3.56. The van der Waals surface area contributed by atoms with Gasteiger partial charge in [-0.05, 0) is 18.6 Å². The first-order chi connectivity index (χ1) is 10.5. The Morgan fingerprint density at radius 2 is 2.23 bits per heavy atom. The number of primary amides is 1. The van der Waals surface area contributed by atoms with E-state index in [4.69, 9.17) is 15.2 Å². The van der Waals surface area contributed by atoms with Crippen LogP contribution in [0, 0.1) is 5.92 Å². The molecule has 2 heterocycles. The first-order valence-corrected chi connectivity index (χ1v) is 7.35. The summed E-state index contributed by atoms with van der Waals surface area (Å²) in [7, 11) is 1.57. The number of ether oxygens (including phenoxy) is 2. The molecule has 1 aromatic rings. The molecule has 0 unspecified atom stereocenters. The van der Waals surface area contributed by atoms with Gasteiger partial charge in [0, 0.05) is 26.0 Å². The molecule has 1 saturated heterocycles. The molecule has 6 heteroatoms. The summed E-state index contributed by atoms with van der Waals surface area (Å²) >= 11 is 0. The summed E-state index contributed by atoms with van der Waals surface area (Å²) in [4.78, 5) is 26.3. The third-order valence-corrected chi connectivity index (χ3v) is 4.58. The molecular weight excluding hydrogens is 284 g/mol.